The minimum Gasteiger partial charge on any atom is -0.356 e. The molecule has 2 atom stereocenters. The molecular formula is C13H16FNO3S. The van der Waals surface area contributed by atoms with E-state index < -0.39 is 21.9 Å². The average molecular weight is 285 g/mol. The van der Waals surface area contributed by atoms with E-state index >= 15 is 0 Å². The number of Topliss-reactive ketones (excluding diaryl/α,β-unsaturated/α-hetero) is 1. The van der Waals surface area contributed by atoms with Crippen LogP contribution in [-0.4, -0.2) is 33.4 Å². The molecule has 0 aliphatic heterocycles. The van der Waals surface area contributed by atoms with Crippen LogP contribution in [0.1, 0.15) is 24.2 Å². The molecule has 6 heteroatoms. The van der Waals surface area contributed by atoms with Crippen molar-refractivity contribution < 1.29 is 18.2 Å². The molecule has 4 nitrogen and oxygen atoms in total. The summed E-state index contributed by atoms with van der Waals surface area (Å²) < 4.78 is 24.6. The van der Waals surface area contributed by atoms with Crippen LogP contribution < -0.4 is 5.32 Å². The number of benzene rings is 1. The molecule has 104 valence electrons. The number of ketones is 1. The lowest BCUT2D eigenvalue weighted by Gasteiger charge is -2.10. The number of carbonyl (C=O) groups excluding carboxylic acids is 2. The summed E-state index contributed by atoms with van der Waals surface area (Å²) in [4.78, 5) is 23.3. The van der Waals surface area contributed by atoms with E-state index in [4.69, 9.17) is 0 Å². The Morgan fingerprint density at radius 2 is 1.89 bits per heavy atom. The molecule has 0 aliphatic rings. The van der Waals surface area contributed by atoms with Crippen molar-refractivity contribution in [3.8, 4) is 0 Å². The fourth-order valence-electron chi connectivity index (χ4n) is 1.47. The number of hydrogen-bond donors (Lipinski definition) is 1. The zero-order chi connectivity index (χ0) is 14.4. The Morgan fingerprint density at radius 3 is 2.42 bits per heavy atom. The van der Waals surface area contributed by atoms with Gasteiger partial charge in [0.25, 0.3) is 0 Å². The Morgan fingerprint density at radius 1 is 1.32 bits per heavy atom. The maximum absolute atomic E-state index is 12.7. The monoisotopic (exact) mass is 285 g/mol. The summed E-state index contributed by atoms with van der Waals surface area (Å²) in [7, 11) is -1.59. The smallest absolute Gasteiger partial charge is 0.232 e. The molecule has 0 spiro atoms. The number of hydrogen-bond acceptors (Lipinski definition) is 3. The van der Waals surface area contributed by atoms with Gasteiger partial charge in [-0.05, 0) is 38.1 Å². The van der Waals surface area contributed by atoms with Gasteiger partial charge in [0, 0.05) is 22.9 Å². The zero-order valence-electron chi connectivity index (χ0n) is 10.8. The van der Waals surface area contributed by atoms with Gasteiger partial charge in [0.05, 0.1) is 5.25 Å². The number of carbonyl (C=O) groups is 2. The summed E-state index contributed by atoms with van der Waals surface area (Å²) in [6, 6.07) is 5.04. The molecule has 0 saturated heterocycles. The standard InChI is InChI=1S/C13H16FNO3S/c1-3-15-12(16)8-19(18)9(2)13(17)10-4-6-11(14)7-5-10/h4-7,9H,3,8H2,1-2H3,(H,15,16). The molecule has 1 N–H and O–H groups in total. The van der Waals surface area contributed by atoms with Crippen LogP contribution in [0.3, 0.4) is 0 Å². The zero-order valence-corrected chi connectivity index (χ0v) is 11.6. The predicted molar refractivity (Wildman–Crippen MR) is 71.9 cm³/mol. The van der Waals surface area contributed by atoms with E-state index in [0.29, 0.717) is 6.54 Å². The molecule has 0 bridgehead atoms. The first kappa shape index (κ1) is 15.5. The van der Waals surface area contributed by atoms with E-state index in [1.165, 1.54) is 31.2 Å². The topological polar surface area (TPSA) is 63.2 Å². The third kappa shape index (κ3) is 4.55. The fourth-order valence-corrected chi connectivity index (χ4v) is 2.46. The molecular weight excluding hydrogens is 269 g/mol. The molecule has 1 aromatic carbocycles. The molecule has 1 rings (SSSR count). The van der Waals surface area contributed by atoms with Crippen LogP contribution in [0.25, 0.3) is 0 Å². The third-order valence-corrected chi connectivity index (χ3v) is 4.09. The molecule has 0 radical (unpaired) electrons. The quantitative estimate of drug-likeness (QED) is 0.801. The van der Waals surface area contributed by atoms with Crippen LogP contribution >= 0.6 is 0 Å². The van der Waals surface area contributed by atoms with E-state index in [9.17, 15) is 18.2 Å². The van der Waals surface area contributed by atoms with Gasteiger partial charge in [0.2, 0.25) is 5.91 Å². The fraction of sp³-hybridized carbons (Fsp3) is 0.385. The van der Waals surface area contributed by atoms with Crippen molar-refractivity contribution in [2.24, 2.45) is 0 Å². The van der Waals surface area contributed by atoms with Crippen molar-refractivity contribution in [1.29, 1.82) is 0 Å². The molecule has 0 heterocycles. The Balaban J connectivity index is 2.68. The normalized spacial score (nSPS) is 13.6. The first-order chi connectivity index (χ1) is 8.95. The van der Waals surface area contributed by atoms with Gasteiger partial charge in [0.1, 0.15) is 11.6 Å². The highest BCUT2D eigenvalue weighted by molar-refractivity contribution is 7.87. The van der Waals surface area contributed by atoms with Crippen LogP contribution in [0.5, 0.6) is 0 Å². The summed E-state index contributed by atoms with van der Waals surface area (Å²) in [5, 5.41) is 1.73. The Hall–Kier alpha value is -1.56. The van der Waals surface area contributed by atoms with Crippen LogP contribution in [0.2, 0.25) is 0 Å². The lowest BCUT2D eigenvalue weighted by molar-refractivity contribution is -0.118. The van der Waals surface area contributed by atoms with Crippen LogP contribution in [-0.2, 0) is 15.6 Å². The van der Waals surface area contributed by atoms with E-state index in [1.54, 1.807) is 6.92 Å². The lowest BCUT2D eigenvalue weighted by Crippen LogP contribution is -2.33. The first-order valence-corrected chi connectivity index (χ1v) is 7.27. The second-order valence-corrected chi connectivity index (χ2v) is 5.75. The molecule has 0 saturated carbocycles. The Bertz CT molecular complexity index is 487. The van der Waals surface area contributed by atoms with Gasteiger partial charge >= 0.3 is 0 Å². The number of amides is 1. The van der Waals surface area contributed by atoms with Crippen LogP contribution in [0.4, 0.5) is 4.39 Å². The molecule has 0 aromatic heterocycles. The second kappa shape index (κ2) is 7.13. The van der Waals surface area contributed by atoms with Gasteiger partial charge < -0.3 is 5.32 Å². The van der Waals surface area contributed by atoms with Crippen molar-refractivity contribution in [3.05, 3.63) is 35.6 Å². The summed E-state index contributed by atoms with van der Waals surface area (Å²) in [5.74, 6) is -1.35. The van der Waals surface area contributed by atoms with Gasteiger partial charge in [-0.25, -0.2) is 4.39 Å². The predicted octanol–water partition coefficient (Wildman–Crippen LogP) is 1.28. The van der Waals surface area contributed by atoms with Gasteiger partial charge in [-0.2, -0.15) is 0 Å². The van der Waals surface area contributed by atoms with E-state index in [-0.39, 0.29) is 23.0 Å². The van der Waals surface area contributed by atoms with Gasteiger partial charge in [-0.3, -0.25) is 13.8 Å². The van der Waals surface area contributed by atoms with Crippen LogP contribution in [0.15, 0.2) is 24.3 Å². The molecule has 2 unspecified atom stereocenters. The number of nitrogens with one attached hydrogen (secondary N) is 1. The van der Waals surface area contributed by atoms with Crippen molar-refractivity contribution in [1.82, 2.24) is 5.32 Å². The summed E-state index contributed by atoms with van der Waals surface area (Å²) in [6.07, 6.45) is 0. The number of rotatable bonds is 6. The van der Waals surface area contributed by atoms with Gasteiger partial charge in [-0.1, -0.05) is 0 Å². The SMILES string of the molecule is CCNC(=O)CS(=O)C(C)C(=O)c1ccc(F)cc1. The first-order valence-electron chi connectivity index (χ1n) is 5.89. The minimum absolute atomic E-state index is 0.206. The molecule has 0 fully saturated rings. The third-order valence-electron chi connectivity index (χ3n) is 2.54. The van der Waals surface area contributed by atoms with Gasteiger partial charge in [0.15, 0.2) is 5.78 Å². The summed E-state index contributed by atoms with van der Waals surface area (Å²) in [6.45, 7) is 3.71. The van der Waals surface area contributed by atoms with Crippen molar-refractivity contribution >= 4 is 22.5 Å². The minimum atomic E-state index is -1.59. The lowest BCUT2D eigenvalue weighted by atomic mass is 10.1. The van der Waals surface area contributed by atoms with Crippen molar-refractivity contribution in [2.45, 2.75) is 19.1 Å². The van der Waals surface area contributed by atoms with E-state index in [1.807, 2.05) is 0 Å². The summed E-state index contributed by atoms with van der Waals surface area (Å²) in [5.41, 5.74) is 0.290. The van der Waals surface area contributed by atoms with Crippen LogP contribution in [0, 0.1) is 5.82 Å². The Labute approximate surface area is 113 Å². The van der Waals surface area contributed by atoms with Crippen molar-refractivity contribution in [3.63, 3.8) is 0 Å². The second-order valence-electron chi connectivity index (χ2n) is 3.99. The molecule has 1 amide bonds. The number of halogens is 1. The Kier molecular flexibility index (Phi) is 5.82. The highest BCUT2D eigenvalue weighted by Crippen LogP contribution is 2.09. The molecule has 19 heavy (non-hydrogen) atoms. The maximum Gasteiger partial charge on any atom is 0.232 e. The van der Waals surface area contributed by atoms with Crippen molar-refractivity contribution in [2.75, 3.05) is 12.3 Å². The maximum atomic E-state index is 12.7. The highest BCUT2D eigenvalue weighted by Gasteiger charge is 2.23. The van der Waals surface area contributed by atoms with E-state index in [2.05, 4.69) is 5.32 Å². The summed E-state index contributed by atoms with van der Waals surface area (Å²) >= 11 is 0. The van der Waals surface area contributed by atoms with Gasteiger partial charge in [-0.15, -0.1) is 0 Å². The average Bonchev–Trinajstić information content (AvgIpc) is 2.38. The highest BCUT2D eigenvalue weighted by atomic mass is 32.2. The molecule has 1 aromatic rings. The largest absolute Gasteiger partial charge is 0.356 e. The van der Waals surface area contributed by atoms with E-state index in [0.717, 1.165) is 0 Å². The molecule has 0 aliphatic carbocycles.